The Morgan fingerprint density at radius 2 is 0.713 bits per heavy atom. The van der Waals surface area contributed by atoms with E-state index in [2.05, 4.69) is 117 Å². The number of ether oxygens (including phenoxy) is 2. The summed E-state index contributed by atoms with van der Waals surface area (Å²) in [5.74, 6) is -0.901. The number of hydrogen-bond donors (Lipinski definition) is 0. The van der Waals surface area contributed by atoms with Crippen LogP contribution in [0.2, 0.25) is 0 Å². The van der Waals surface area contributed by atoms with Crippen LogP contribution in [0.1, 0.15) is 271 Å². The molecule has 0 rings (SSSR count). The Morgan fingerprint density at radius 1 is 0.400 bits per heavy atom. The monoisotopic (exact) mass is 1140 g/mol. The second-order valence-electron chi connectivity index (χ2n) is 22.8. The van der Waals surface area contributed by atoms with Crippen molar-refractivity contribution in [2.45, 2.75) is 277 Å². The fourth-order valence-corrected chi connectivity index (χ4v) is 9.56. The molecule has 0 heterocycles. The topological polar surface area (TPSA) is 111 Å². The first kappa shape index (κ1) is 76.7. The number of carbonyl (C=O) groups is 2. The minimum Gasteiger partial charge on any atom is -0.756 e. The van der Waals surface area contributed by atoms with Gasteiger partial charge >= 0.3 is 11.9 Å². The molecule has 0 fully saturated rings. The summed E-state index contributed by atoms with van der Waals surface area (Å²) in [5.41, 5.74) is 0. The first-order valence-corrected chi connectivity index (χ1v) is 34.1. The molecule has 460 valence electrons. The lowest BCUT2D eigenvalue weighted by Gasteiger charge is -2.28. The standard InChI is InChI=1S/C70H122NO8P/c1-6-8-10-12-14-16-18-20-22-24-26-28-30-32-34-35-37-39-41-43-45-47-49-51-53-55-57-59-61-63-70(73)79-68(67-78-80(74,75)77-65-64-71(3,4)5)66-76-69(72)62-60-58-56-54-52-50-48-46-44-42-40-38-36-33-31-29-27-25-23-21-19-17-15-13-11-9-7-2/h8,10,14,16,20,22,26,28,32,34,37,39,43,45,49,51,55,57,68H,6-7,9,11-13,15,17-19,21,23-25,27,29-31,33,35-36,38,40-42,44,46-48,50,52-54,56,58-67H2,1-5H3/b10-8-,16-14-,22-20-,28-26-,34-32-,39-37-,45-43-,51-49-,57-55-. The van der Waals surface area contributed by atoms with Gasteiger partial charge in [0.05, 0.1) is 27.7 Å². The van der Waals surface area contributed by atoms with E-state index in [1.54, 1.807) is 0 Å². The number of unbranched alkanes of at least 4 members (excludes halogenated alkanes) is 27. The van der Waals surface area contributed by atoms with Crippen LogP contribution in [0.3, 0.4) is 0 Å². The van der Waals surface area contributed by atoms with Gasteiger partial charge in [0, 0.05) is 12.8 Å². The SMILES string of the molecule is CC/C=C\C/C=C\C/C=C\C/C=C\C/C=C\C/C=C\C/C=C\C/C=C\C/C=C\CCCC(=O)OC(COC(=O)CCCCCCCCCCCCCCCCCCCCCCCCCCCCC)COP(=O)([O-])OCC[N+](C)(C)C. The number of phosphoric acid groups is 1. The number of carbonyl (C=O) groups excluding carboxylic acids is 2. The van der Waals surface area contributed by atoms with E-state index < -0.39 is 32.5 Å². The van der Waals surface area contributed by atoms with Gasteiger partial charge in [0.25, 0.3) is 7.82 Å². The summed E-state index contributed by atoms with van der Waals surface area (Å²) in [7, 11) is 1.12. The maximum absolute atomic E-state index is 12.8. The molecule has 9 nitrogen and oxygen atoms in total. The van der Waals surface area contributed by atoms with Gasteiger partial charge in [-0.25, -0.2) is 0 Å². The highest BCUT2D eigenvalue weighted by Gasteiger charge is 2.21. The predicted octanol–water partition coefficient (Wildman–Crippen LogP) is 20.3. The molecule has 0 N–H and O–H groups in total. The molecule has 2 atom stereocenters. The lowest BCUT2D eigenvalue weighted by molar-refractivity contribution is -0.870. The smallest absolute Gasteiger partial charge is 0.306 e. The minimum absolute atomic E-state index is 0.0462. The van der Waals surface area contributed by atoms with Crippen molar-refractivity contribution in [2.75, 3.05) is 47.5 Å². The van der Waals surface area contributed by atoms with Crippen LogP contribution in [0.25, 0.3) is 0 Å². The van der Waals surface area contributed by atoms with E-state index in [9.17, 15) is 19.0 Å². The maximum Gasteiger partial charge on any atom is 0.306 e. The number of phosphoric ester groups is 1. The van der Waals surface area contributed by atoms with E-state index >= 15 is 0 Å². The molecule has 0 aromatic heterocycles. The lowest BCUT2D eigenvalue weighted by Crippen LogP contribution is -2.37. The summed E-state index contributed by atoms with van der Waals surface area (Å²) in [4.78, 5) is 38.0. The van der Waals surface area contributed by atoms with Crippen molar-refractivity contribution < 1.29 is 42.1 Å². The molecule has 0 aliphatic heterocycles. The zero-order chi connectivity index (χ0) is 58.4. The Morgan fingerprint density at radius 3 is 1.05 bits per heavy atom. The van der Waals surface area contributed by atoms with Crippen LogP contribution in [0.4, 0.5) is 0 Å². The lowest BCUT2D eigenvalue weighted by atomic mass is 10.0. The zero-order valence-corrected chi connectivity index (χ0v) is 53.1. The number of hydrogen-bond acceptors (Lipinski definition) is 8. The molecular formula is C70H122NO8P. The molecule has 2 unspecified atom stereocenters. The van der Waals surface area contributed by atoms with Crippen LogP contribution in [0.5, 0.6) is 0 Å². The Bertz CT molecular complexity index is 1720. The van der Waals surface area contributed by atoms with Crippen molar-refractivity contribution in [3.8, 4) is 0 Å². The van der Waals surface area contributed by atoms with E-state index in [0.29, 0.717) is 23.9 Å². The van der Waals surface area contributed by atoms with Gasteiger partial charge in [0.2, 0.25) is 0 Å². The van der Waals surface area contributed by atoms with Crippen molar-refractivity contribution in [2.24, 2.45) is 0 Å². The molecule has 80 heavy (non-hydrogen) atoms. The normalized spacial score (nSPS) is 13.9. The molecule has 10 heteroatoms. The Hall–Kier alpha value is -3.33. The van der Waals surface area contributed by atoms with Gasteiger partial charge in [0.1, 0.15) is 19.8 Å². The van der Waals surface area contributed by atoms with Gasteiger partial charge < -0.3 is 27.9 Å². The highest BCUT2D eigenvalue weighted by Crippen LogP contribution is 2.38. The highest BCUT2D eigenvalue weighted by molar-refractivity contribution is 7.45. The van der Waals surface area contributed by atoms with E-state index in [0.717, 1.165) is 77.0 Å². The largest absolute Gasteiger partial charge is 0.756 e. The van der Waals surface area contributed by atoms with E-state index in [-0.39, 0.29) is 26.1 Å². The summed E-state index contributed by atoms with van der Waals surface area (Å²) in [6, 6.07) is 0. The van der Waals surface area contributed by atoms with Crippen LogP contribution in [0.15, 0.2) is 109 Å². The third-order valence-electron chi connectivity index (χ3n) is 13.8. The summed E-state index contributed by atoms with van der Waals surface area (Å²) in [5, 5.41) is 0. The number of likely N-dealkylation sites (N-methyl/N-ethyl adjacent to an activating group) is 1. The van der Waals surface area contributed by atoms with E-state index in [1.165, 1.54) is 154 Å². The quantitative estimate of drug-likeness (QED) is 0.0195. The second-order valence-corrected chi connectivity index (χ2v) is 24.2. The fourth-order valence-electron chi connectivity index (χ4n) is 8.84. The first-order chi connectivity index (χ1) is 39.0. The Kier molecular flexibility index (Phi) is 57.8. The summed E-state index contributed by atoms with van der Waals surface area (Å²) in [6.07, 6.45) is 84.5. The summed E-state index contributed by atoms with van der Waals surface area (Å²) >= 11 is 0. The summed E-state index contributed by atoms with van der Waals surface area (Å²) < 4.78 is 34.2. The van der Waals surface area contributed by atoms with E-state index in [4.69, 9.17) is 18.5 Å². The van der Waals surface area contributed by atoms with Crippen LogP contribution in [0, 0.1) is 0 Å². The van der Waals surface area contributed by atoms with Crippen molar-refractivity contribution in [3.63, 3.8) is 0 Å². The minimum atomic E-state index is -4.66. The zero-order valence-electron chi connectivity index (χ0n) is 52.2. The van der Waals surface area contributed by atoms with Gasteiger partial charge in [-0.2, -0.15) is 0 Å². The molecule has 0 aliphatic rings. The third kappa shape index (κ3) is 63.8. The molecule has 0 bridgehead atoms. The van der Waals surface area contributed by atoms with Gasteiger partial charge in [-0.3, -0.25) is 14.2 Å². The maximum atomic E-state index is 12.8. The molecule has 0 amide bonds. The number of quaternary nitrogens is 1. The average Bonchev–Trinajstić information content (AvgIpc) is 3.42. The van der Waals surface area contributed by atoms with E-state index in [1.807, 2.05) is 27.2 Å². The number of esters is 2. The molecule has 0 aliphatic carbocycles. The van der Waals surface area contributed by atoms with Crippen LogP contribution in [-0.2, 0) is 32.7 Å². The van der Waals surface area contributed by atoms with Crippen LogP contribution in [-0.4, -0.2) is 70.0 Å². The fraction of sp³-hybridized carbons (Fsp3) is 0.714. The van der Waals surface area contributed by atoms with Crippen molar-refractivity contribution in [3.05, 3.63) is 109 Å². The van der Waals surface area contributed by atoms with Crippen molar-refractivity contribution >= 4 is 19.8 Å². The molecule has 0 saturated carbocycles. The van der Waals surface area contributed by atoms with Gasteiger partial charge in [-0.1, -0.05) is 290 Å². The van der Waals surface area contributed by atoms with Gasteiger partial charge in [0.15, 0.2) is 6.10 Å². The van der Waals surface area contributed by atoms with Crippen molar-refractivity contribution in [1.29, 1.82) is 0 Å². The molecule has 0 radical (unpaired) electrons. The van der Waals surface area contributed by atoms with Gasteiger partial charge in [-0.05, 0) is 77.0 Å². The first-order valence-electron chi connectivity index (χ1n) is 32.6. The highest BCUT2D eigenvalue weighted by atomic mass is 31.2. The molecule has 0 spiro atoms. The average molecular weight is 1140 g/mol. The predicted molar refractivity (Wildman–Crippen MR) is 342 cm³/mol. The number of nitrogens with zero attached hydrogens (tertiary/aromatic N) is 1. The third-order valence-corrected chi connectivity index (χ3v) is 14.8. The molecule has 0 aromatic carbocycles. The van der Waals surface area contributed by atoms with Crippen LogP contribution >= 0.6 is 7.82 Å². The molecular weight excluding hydrogens is 1010 g/mol. The Labute approximate surface area is 493 Å². The Balaban J connectivity index is 4.21. The molecule has 0 aromatic rings. The van der Waals surface area contributed by atoms with Crippen molar-refractivity contribution in [1.82, 2.24) is 0 Å². The molecule has 0 saturated heterocycles. The van der Waals surface area contributed by atoms with Gasteiger partial charge in [-0.15, -0.1) is 0 Å². The number of allylic oxidation sites excluding steroid dienone is 18. The summed E-state index contributed by atoms with van der Waals surface area (Å²) in [6.45, 7) is 4.08. The second kappa shape index (κ2) is 60.3. The number of rotatable bonds is 59. The van der Waals surface area contributed by atoms with Crippen LogP contribution < -0.4 is 4.89 Å².